The van der Waals surface area contributed by atoms with Crippen LogP contribution in [0.3, 0.4) is 0 Å². The van der Waals surface area contributed by atoms with Gasteiger partial charge in [-0.2, -0.15) is 0 Å². The van der Waals surface area contributed by atoms with Crippen molar-refractivity contribution < 1.29 is 24.2 Å². The number of esters is 2. The number of ether oxygens (including phenoxy) is 2. The largest absolute Gasteiger partial charge is 0.462 e. The predicted octanol–water partition coefficient (Wildman–Crippen LogP) is 10.8. The minimum absolute atomic E-state index is 0.0840. The maximum Gasteiger partial charge on any atom is 0.306 e. The van der Waals surface area contributed by atoms with E-state index in [-0.39, 0.29) is 25.2 Å². The summed E-state index contributed by atoms with van der Waals surface area (Å²) in [6.45, 7) is 3.97. The molecule has 0 heterocycles. The first-order chi connectivity index (χ1) is 21.6. The van der Waals surface area contributed by atoms with E-state index in [0.717, 1.165) is 77.0 Å². The molecule has 0 saturated carbocycles. The molecule has 252 valence electrons. The summed E-state index contributed by atoms with van der Waals surface area (Å²) in [6.07, 6.45) is 44.2. The van der Waals surface area contributed by atoms with Gasteiger partial charge in [0.05, 0.1) is 6.61 Å². The fourth-order valence-corrected chi connectivity index (χ4v) is 4.64. The Hall–Kier alpha value is -2.40. The molecule has 0 aromatic carbocycles. The van der Waals surface area contributed by atoms with Crippen molar-refractivity contribution in [2.24, 2.45) is 0 Å². The highest BCUT2D eigenvalue weighted by molar-refractivity contribution is 5.70. The van der Waals surface area contributed by atoms with Crippen molar-refractivity contribution >= 4 is 11.9 Å². The fourth-order valence-electron chi connectivity index (χ4n) is 4.64. The molecule has 0 aromatic rings. The van der Waals surface area contributed by atoms with Crippen molar-refractivity contribution in [3.63, 3.8) is 0 Å². The Balaban J connectivity index is 3.67. The molecule has 0 aromatic heterocycles. The third-order valence-corrected chi connectivity index (χ3v) is 7.33. The standard InChI is InChI=1S/C39H66O5/c1-3-5-7-9-11-13-15-16-17-18-19-20-21-22-24-25-27-29-31-33-38(41)43-36-37(35-40)44-39(42)34-32-30-28-26-23-14-12-10-8-6-4-2/h5,7,11,13,16-17,19-20,22,24,37,40H,3-4,6,8-10,12,14-15,18,21,23,25-36H2,1-2H3. The number of carbonyl (C=O) groups is 2. The van der Waals surface area contributed by atoms with E-state index in [2.05, 4.69) is 74.6 Å². The summed E-state index contributed by atoms with van der Waals surface area (Å²) in [5.41, 5.74) is 0. The van der Waals surface area contributed by atoms with Crippen molar-refractivity contribution in [3.8, 4) is 0 Å². The maximum atomic E-state index is 12.1. The lowest BCUT2D eigenvalue weighted by atomic mass is 10.1. The van der Waals surface area contributed by atoms with Crippen molar-refractivity contribution in [2.75, 3.05) is 13.2 Å². The Morgan fingerprint density at radius 3 is 1.48 bits per heavy atom. The molecule has 0 aliphatic carbocycles. The van der Waals surface area contributed by atoms with E-state index in [9.17, 15) is 14.7 Å². The van der Waals surface area contributed by atoms with E-state index < -0.39 is 6.10 Å². The smallest absolute Gasteiger partial charge is 0.306 e. The molecule has 5 nitrogen and oxygen atoms in total. The molecule has 44 heavy (non-hydrogen) atoms. The first-order valence-electron chi connectivity index (χ1n) is 17.8. The second kappa shape index (κ2) is 35.1. The summed E-state index contributed by atoms with van der Waals surface area (Å²) in [6, 6.07) is 0. The minimum atomic E-state index is -0.783. The van der Waals surface area contributed by atoms with E-state index in [1.54, 1.807) is 0 Å². The topological polar surface area (TPSA) is 72.8 Å². The predicted molar refractivity (Wildman–Crippen MR) is 187 cm³/mol. The Morgan fingerprint density at radius 2 is 0.977 bits per heavy atom. The molecular formula is C39H66O5. The summed E-state index contributed by atoms with van der Waals surface area (Å²) in [7, 11) is 0. The number of hydrogen-bond donors (Lipinski definition) is 1. The van der Waals surface area contributed by atoms with Crippen molar-refractivity contribution in [2.45, 2.75) is 161 Å². The third-order valence-electron chi connectivity index (χ3n) is 7.33. The zero-order valence-corrected chi connectivity index (χ0v) is 28.4. The molecule has 0 aliphatic heterocycles. The number of aliphatic hydroxyl groups excluding tert-OH is 1. The number of unbranched alkanes of at least 4 members (excludes halogenated alkanes) is 13. The van der Waals surface area contributed by atoms with Gasteiger partial charge in [-0.05, 0) is 57.8 Å². The molecule has 1 unspecified atom stereocenters. The second-order valence-corrected chi connectivity index (χ2v) is 11.6. The molecule has 0 spiro atoms. The minimum Gasteiger partial charge on any atom is -0.462 e. The lowest BCUT2D eigenvalue weighted by molar-refractivity contribution is -0.161. The van der Waals surface area contributed by atoms with Crippen LogP contribution in [0.25, 0.3) is 0 Å². The summed E-state index contributed by atoms with van der Waals surface area (Å²) < 4.78 is 10.5. The molecule has 1 N–H and O–H groups in total. The van der Waals surface area contributed by atoms with Gasteiger partial charge in [-0.15, -0.1) is 0 Å². The van der Waals surface area contributed by atoms with Gasteiger partial charge in [0, 0.05) is 12.8 Å². The van der Waals surface area contributed by atoms with E-state index in [4.69, 9.17) is 9.47 Å². The Kier molecular flexibility index (Phi) is 33.2. The molecule has 0 saturated heterocycles. The van der Waals surface area contributed by atoms with Crippen LogP contribution >= 0.6 is 0 Å². The quantitative estimate of drug-likeness (QED) is 0.0478. The van der Waals surface area contributed by atoms with Gasteiger partial charge in [-0.3, -0.25) is 9.59 Å². The monoisotopic (exact) mass is 614 g/mol. The van der Waals surface area contributed by atoms with Crippen LogP contribution in [0.15, 0.2) is 60.8 Å². The fraction of sp³-hybridized carbons (Fsp3) is 0.692. The number of hydrogen-bond acceptors (Lipinski definition) is 5. The van der Waals surface area contributed by atoms with Crippen molar-refractivity contribution in [1.82, 2.24) is 0 Å². The third kappa shape index (κ3) is 32.5. The van der Waals surface area contributed by atoms with Crippen LogP contribution in [0.5, 0.6) is 0 Å². The summed E-state index contributed by atoms with van der Waals surface area (Å²) in [4.78, 5) is 24.1. The van der Waals surface area contributed by atoms with E-state index in [1.165, 1.54) is 51.4 Å². The maximum absolute atomic E-state index is 12.1. The number of aliphatic hydroxyl groups is 1. The van der Waals surface area contributed by atoms with Gasteiger partial charge in [-0.1, -0.05) is 145 Å². The van der Waals surface area contributed by atoms with Gasteiger partial charge in [0.2, 0.25) is 0 Å². The van der Waals surface area contributed by atoms with Crippen LogP contribution in [0.4, 0.5) is 0 Å². The van der Waals surface area contributed by atoms with Crippen molar-refractivity contribution in [1.29, 1.82) is 0 Å². The first-order valence-corrected chi connectivity index (χ1v) is 17.8. The molecule has 0 rings (SSSR count). The molecule has 0 radical (unpaired) electrons. The Morgan fingerprint density at radius 1 is 0.545 bits per heavy atom. The van der Waals surface area contributed by atoms with Crippen LogP contribution in [-0.4, -0.2) is 36.4 Å². The highest BCUT2D eigenvalue weighted by Crippen LogP contribution is 2.13. The zero-order valence-electron chi connectivity index (χ0n) is 28.4. The molecule has 1 atom stereocenters. The van der Waals surface area contributed by atoms with Gasteiger partial charge < -0.3 is 14.6 Å². The molecular weight excluding hydrogens is 548 g/mol. The van der Waals surface area contributed by atoms with Gasteiger partial charge in [0.25, 0.3) is 0 Å². The summed E-state index contributed by atoms with van der Waals surface area (Å²) >= 11 is 0. The number of carbonyl (C=O) groups excluding carboxylic acids is 2. The number of allylic oxidation sites excluding steroid dienone is 10. The SMILES string of the molecule is CCC=CCC=CCC=CCC=CCC=CCCCCCC(=O)OCC(CO)OC(=O)CCCCCCCCCCCCC. The molecule has 0 amide bonds. The Labute approximate surface area is 271 Å². The lowest BCUT2D eigenvalue weighted by Crippen LogP contribution is -2.28. The average molecular weight is 615 g/mol. The highest BCUT2D eigenvalue weighted by atomic mass is 16.6. The number of rotatable bonds is 31. The van der Waals surface area contributed by atoms with E-state index in [1.807, 2.05) is 0 Å². The summed E-state index contributed by atoms with van der Waals surface area (Å²) in [5, 5.41) is 9.51. The highest BCUT2D eigenvalue weighted by Gasteiger charge is 2.16. The Bertz CT molecular complexity index is 792. The molecule has 0 fully saturated rings. The second-order valence-electron chi connectivity index (χ2n) is 11.6. The summed E-state index contributed by atoms with van der Waals surface area (Å²) in [5.74, 6) is -0.634. The average Bonchev–Trinajstić information content (AvgIpc) is 3.02. The van der Waals surface area contributed by atoms with Gasteiger partial charge in [0.1, 0.15) is 6.61 Å². The van der Waals surface area contributed by atoms with E-state index >= 15 is 0 Å². The van der Waals surface area contributed by atoms with Gasteiger partial charge >= 0.3 is 11.9 Å². The molecule has 0 aliphatic rings. The van der Waals surface area contributed by atoms with E-state index in [0.29, 0.717) is 12.8 Å². The van der Waals surface area contributed by atoms with Crippen LogP contribution in [0.2, 0.25) is 0 Å². The first kappa shape index (κ1) is 41.6. The zero-order chi connectivity index (χ0) is 32.2. The van der Waals surface area contributed by atoms with Gasteiger partial charge in [0.15, 0.2) is 6.10 Å². The van der Waals surface area contributed by atoms with Crippen LogP contribution < -0.4 is 0 Å². The van der Waals surface area contributed by atoms with Crippen molar-refractivity contribution in [3.05, 3.63) is 60.8 Å². The normalized spacial score (nSPS) is 12.9. The molecule has 5 heteroatoms. The van der Waals surface area contributed by atoms with Gasteiger partial charge in [-0.25, -0.2) is 0 Å². The van der Waals surface area contributed by atoms with Crippen LogP contribution in [0.1, 0.15) is 155 Å². The van der Waals surface area contributed by atoms with Crippen LogP contribution in [-0.2, 0) is 19.1 Å². The van der Waals surface area contributed by atoms with Crippen LogP contribution in [0, 0.1) is 0 Å². The lowest BCUT2D eigenvalue weighted by Gasteiger charge is -2.15. The molecule has 0 bridgehead atoms.